The van der Waals surface area contributed by atoms with Crippen molar-refractivity contribution in [2.24, 2.45) is 11.1 Å². The highest BCUT2D eigenvalue weighted by Gasteiger charge is 2.64. The van der Waals surface area contributed by atoms with Gasteiger partial charge in [0.15, 0.2) is 17.0 Å². The first-order chi connectivity index (χ1) is 24.3. The maximum Gasteiger partial charge on any atom is 0.245 e. The molecule has 288 valence electrons. The maximum atomic E-state index is 13.9. The van der Waals surface area contributed by atoms with Crippen LogP contribution in [0, 0.1) is 5.41 Å². The van der Waals surface area contributed by atoms with Gasteiger partial charge in [0.2, 0.25) is 5.91 Å². The number of hydrogen-bond donors (Lipinski definition) is 3. The number of carbonyl (C=O) groups is 2. The van der Waals surface area contributed by atoms with Crippen molar-refractivity contribution < 1.29 is 19.8 Å². The third-order valence-electron chi connectivity index (χ3n) is 10.5. The van der Waals surface area contributed by atoms with Crippen molar-refractivity contribution in [3.63, 3.8) is 0 Å². The van der Waals surface area contributed by atoms with Crippen LogP contribution in [0.3, 0.4) is 0 Å². The molecule has 0 aliphatic carbocycles. The van der Waals surface area contributed by atoms with Crippen LogP contribution >= 0.6 is 0 Å². The van der Waals surface area contributed by atoms with Crippen LogP contribution in [0.4, 0.5) is 0 Å². The van der Waals surface area contributed by atoms with Crippen LogP contribution in [0.15, 0.2) is 48.6 Å². The number of aliphatic hydroxyl groups is 2. The van der Waals surface area contributed by atoms with E-state index in [0.29, 0.717) is 25.8 Å². The molecule has 1 rings (SSSR count). The molecule has 0 radical (unpaired) electrons. The van der Waals surface area contributed by atoms with E-state index in [9.17, 15) is 19.8 Å². The van der Waals surface area contributed by atoms with Crippen molar-refractivity contribution in [2.75, 3.05) is 13.1 Å². The summed E-state index contributed by atoms with van der Waals surface area (Å²) in [5.74, 6) is -3.14. The minimum absolute atomic E-state index is 0.186. The highest BCUT2D eigenvalue weighted by molar-refractivity contribution is 6.08. The van der Waals surface area contributed by atoms with E-state index in [0.717, 1.165) is 77.0 Å². The molecule has 1 aliphatic heterocycles. The molecule has 6 heteroatoms. The van der Waals surface area contributed by atoms with E-state index in [1.54, 1.807) is 0 Å². The molecule has 1 saturated heterocycles. The van der Waals surface area contributed by atoms with Gasteiger partial charge in [-0.15, -0.1) is 0 Å². The van der Waals surface area contributed by atoms with Crippen molar-refractivity contribution in [2.45, 2.75) is 200 Å². The van der Waals surface area contributed by atoms with Crippen LogP contribution in [0.5, 0.6) is 0 Å². The van der Waals surface area contributed by atoms with E-state index in [4.69, 9.17) is 5.73 Å². The summed E-state index contributed by atoms with van der Waals surface area (Å²) < 4.78 is 0. The molecule has 0 aromatic heterocycles. The Morgan fingerprint density at radius 2 is 1.00 bits per heavy atom. The maximum absolute atomic E-state index is 13.9. The Kier molecular flexibility index (Phi) is 27.4. The number of piperidine rings is 1. The second kappa shape index (κ2) is 29.7. The Balaban J connectivity index is 2.51. The number of carbonyl (C=O) groups excluding carboxylic acids is 2. The van der Waals surface area contributed by atoms with Gasteiger partial charge in [0.05, 0.1) is 0 Å². The Hall–Kier alpha value is -1.86. The summed E-state index contributed by atoms with van der Waals surface area (Å²) in [6.45, 7) is 6.91. The quantitative estimate of drug-likeness (QED) is 0.0280. The van der Waals surface area contributed by atoms with Gasteiger partial charge in [0.25, 0.3) is 0 Å². The first kappa shape index (κ1) is 46.2. The highest BCUT2D eigenvalue weighted by atomic mass is 16.5. The third kappa shape index (κ3) is 18.1. The van der Waals surface area contributed by atoms with Crippen LogP contribution < -0.4 is 5.73 Å². The molecule has 1 fully saturated rings. The van der Waals surface area contributed by atoms with Crippen molar-refractivity contribution in [3.8, 4) is 0 Å². The smallest absolute Gasteiger partial charge is 0.245 e. The fraction of sp³-hybridized carbons (Fsp3) is 0.773. The van der Waals surface area contributed by atoms with Gasteiger partial charge in [-0.3, -0.25) is 9.59 Å². The molecular weight excluding hydrogens is 620 g/mol. The first-order valence-electron chi connectivity index (χ1n) is 20.9. The Morgan fingerprint density at radius 1 is 0.620 bits per heavy atom. The predicted octanol–water partition coefficient (Wildman–Crippen LogP) is 10.8. The largest absolute Gasteiger partial charge is 0.352 e. The lowest BCUT2D eigenvalue weighted by atomic mass is 9.66. The molecular formula is C44H78N2O4. The molecule has 0 saturated carbocycles. The number of nitrogens with two attached hydrogens (primary N) is 1. The summed E-state index contributed by atoms with van der Waals surface area (Å²) in [6, 6.07) is -0.350. The number of likely N-dealkylation sites (tertiary alicyclic amines) is 1. The topological polar surface area (TPSA) is 104 Å². The number of unbranched alkanes of at least 4 members (excludes halogenated alkanes) is 16. The summed E-state index contributed by atoms with van der Waals surface area (Å²) >= 11 is 0. The van der Waals surface area contributed by atoms with E-state index in [1.165, 1.54) is 56.3 Å². The number of rotatable bonds is 32. The fourth-order valence-electron chi connectivity index (χ4n) is 7.17. The van der Waals surface area contributed by atoms with Gasteiger partial charge in [0.1, 0.15) is 0 Å². The normalized spacial score (nSPS) is 17.2. The molecule has 0 amide bonds. The molecule has 6 nitrogen and oxygen atoms in total. The zero-order chi connectivity index (χ0) is 36.8. The van der Waals surface area contributed by atoms with Gasteiger partial charge >= 0.3 is 0 Å². The minimum atomic E-state index is -2.52. The lowest BCUT2D eigenvalue weighted by molar-refractivity contribution is -0.332. The van der Waals surface area contributed by atoms with E-state index in [2.05, 4.69) is 62.5 Å². The zero-order valence-corrected chi connectivity index (χ0v) is 32.7. The Bertz CT molecular complexity index is 925. The molecule has 1 atom stereocenters. The van der Waals surface area contributed by atoms with Gasteiger partial charge in [-0.25, -0.2) is 4.90 Å². The number of Topliss-reactive ketones (excluding diaryl/α,β-unsaturated/α-hetero) is 2. The molecule has 0 spiro atoms. The standard InChI is InChI=1S/C44H78N2O4/c1-4-6-8-10-12-14-16-18-20-22-24-26-28-30-32-35-41(47)43(37-34-38-46(40(3)39-45)44(43,49)50)42(48)36-33-31-29-27-25-23-21-19-17-15-13-11-9-7-5-2/h12-15,18-21,40,49-50H,4-11,16-17,22-39,45H2,1-3H3/b14-12-,15-13-,20-18-,21-19-. The van der Waals surface area contributed by atoms with Gasteiger partial charge in [-0.2, -0.15) is 0 Å². The van der Waals surface area contributed by atoms with Crippen LogP contribution in [0.1, 0.15) is 188 Å². The molecule has 0 aromatic carbocycles. The van der Waals surface area contributed by atoms with Gasteiger partial charge in [-0.05, 0) is 96.8 Å². The third-order valence-corrected chi connectivity index (χ3v) is 10.5. The van der Waals surface area contributed by atoms with Gasteiger partial charge in [0, 0.05) is 32.0 Å². The van der Waals surface area contributed by atoms with Crippen LogP contribution in [0.25, 0.3) is 0 Å². The molecule has 1 aliphatic rings. The minimum Gasteiger partial charge on any atom is -0.352 e. The Labute approximate surface area is 308 Å². The van der Waals surface area contributed by atoms with E-state index < -0.39 is 11.3 Å². The summed E-state index contributed by atoms with van der Waals surface area (Å²) in [7, 11) is 0. The predicted molar refractivity (Wildman–Crippen MR) is 213 cm³/mol. The number of nitrogens with zero attached hydrogens (tertiary/aromatic N) is 1. The number of hydrogen-bond acceptors (Lipinski definition) is 6. The van der Waals surface area contributed by atoms with Crippen molar-refractivity contribution in [1.82, 2.24) is 4.90 Å². The van der Waals surface area contributed by atoms with Crippen molar-refractivity contribution in [1.29, 1.82) is 0 Å². The van der Waals surface area contributed by atoms with Crippen molar-refractivity contribution in [3.05, 3.63) is 48.6 Å². The van der Waals surface area contributed by atoms with E-state index in [-0.39, 0.29) is 43.4 Å². The molecule has 0 bridgehead atoms. The van der Waals surface area contributed by atoms with Crippen LogP contribution in [-0.4, -0.2) is 51.7 Å². The lowest BCUT2D eigenvalue weighted by Crippen LogP contribution is -2.71. The zero-order valence-electron chi connectivity index (χ0n) is 32.7. The van der Waals surface area contributed by atoms with Crippen LogP contribution in [0.2, 0.25) is 0 Å². The molecule has 0 aromatic rings. The molecule has 1 heterocycles. The second-order valence-electron chi connectivity index (χ2n) is 14.7. The monoisotopic (exact) mass is 699 g/mol. The van der Waals surface area contributed by atoms with Gasteiger partial charge < -0.3 is 15.9 Å². The summed E-state index contributed by atoms with van der Waals surface area (Å²) in [6.07, 6.45) is 43.1. The summed E-state index contributed by atoms with van der Waals surface area (Å²) in [4.78, 5) is 29.3. The number of allylic oxidation sites excluding steroid dienone is 8. The summed E-state index contributed by atoms with van der Waals surface area (Å²) in [5, 5.41) is 23.2. The average Bonchev–Trinajstić information content (AvgIpc) is 3.10. The summed E-state index contributed by atoms with van der Waals surface area (Å²) in [5.41, 5.74) is 4.11. The molecule has 4 N–H and O–H groups in total. The lowest BCUT2D eigenvalue weighted by Gasteiger charge is -2.52. The first-order valence-corrected chi connectivity index (χ1v) is 20.9. The SMILES string of the molecule is CCCCC/C=C\C/C=C\CCCCCCCC(=O)C1(C(=O)CCCCCCC/C=C\C/C=C\CCCCC)CCCN(C(C)CN)C1(O)O. The van der Waals surface area contributed by atoms with E-state index in [1.807, 2.05) is 6.92 Å². The molecule has 1 unspecified atom stereocenters. The van der Waals surface area contributed by atoms with Crippen molar-refractivity contribution >= 4 is 11.6 Å². The highest BCUT2D eigenvalue weighted by Crippen LogP contribution is 2.46. The second-order valence-corrected chi connectivity index (χ2v) is 14.7. The average molecular weight is 699 g/mol. The van der Waals surface area contributed by atoms with E-state index >= 15 is 0 Å². The molecule has 50 heavy (non-hydrogen) atoms. The Morgan fingerprint density at radius 3 is 1.40 bits per heavy atom. The fourth-order valence-corrected chi connectivity index (χ4v) is 7.17. The van der Waals surface area contributed by atoms with Crippen LogP contribution in [-0.2, 0) is 9.59 Å². The number of ketones is 2. The van der Waals surface area contributed by atoms with Gasteiger partial charge in [-0.1, -0.05) is 127 Å².